The van der Waals surface area contributed by atoms with Gasteiger partial charge in [0.05, 0.1) is 17.1 Å². The maximum absolute atomic E-state index is 12.6. The monoisotopic (exact) mass is 254 g/mol. The number of ether oxygens (including phenoxy) is 1. The molecule has 0 aromatic rings. The minimum atomic E-state index is -0.257. The van der Waals surface area contributed by atoms with Gasteiger partial charge < -0.3 is 15.0 Å². The van der Waals surface area contributed by atoms with Crippen molar-refractivity contribution in [3.8, 4) is 0 Å². The molecule has 0 aromatic carbocycles. The molecule has 104 valence electrons. The maximum atomic E-state index is 12.6. The largest absolute Gasteiger partial charge is 0.366 e. The number of amides is 1. The van der Waals surface area contributed by atoms with Gasteiger partial charge in [0, 0.05) is 19.1 Å². The van der Waals surface area contributed by atoms with Crippen molar-refractivity contribution >= 4 is 5.91 Å². The molecule has 0 saturated carbocycles. The molecule has 2 fully saturated rings. The van der Waals surface area contributed by atoms with Crippen LogP contribution < -0.4 is 5.32 Å². The highest BCUT2D eigenvalue weighted by Gasteiger charge is 2.42. The lowest BCUT2D eigenvalue weighted by Crippen LogP contribution is -2.60. The smallest absolute Gasteiger partial charge is 0.227 e. The first kappa shape index (κ1) is 13.8. The first-order valence-electron chi connectivity index (χ1n) is 6.93. The second-order valence-corrected chi connectivity index (χ2v) is 6.95. The lowest BCUT2D eigenvalue weighted by Gasteiger charge is -2.47. The zero-order valence-corrected chi connectivity index (χ0v) is 12.2. The molecule has 0 spiro atoms. The number of nitrogens with zero attached hydrogens (tertiary/aromatic N) is 1. The standard InChI is InChI=1S/C14H26N2O2/c1-10-11(6-7-15-10)12(17)16-8-13(2,3)18-14(4,5)9-16/h10-11,15H,6-9H2,1-5H3. The molecule has 0 radical (unpaired) electrons. The SMILES string of the molecule is CC1NCCC1C(=O)N1CC(C)(C)OC(C)(C)C1. The lowest BCUT2D eigenvalue weighted by atomic mass is 9.94. The van der Waals surface area contributed by atoms with Gasteiger partial charge >= 0.3 is 0 Å². The van der Waals surface area contributed by atoms with Crippen LogP contribution in [0.3, 0.4) is 0 Å². The molecule has 4 nitrogen and oxygen atoms in total. The van der Waals surface area contributed by atoms with E-state index >= 15 is 0 Å². The third-order valence-electron chi connectivity index (χ3n) is 3.85. The summed E-state index contributed by atoms with van der Waals surface area (Å²) in [6.07, 6.45) is 0.957. The van der Waals surface area contributed by atoms with Crippen molar-refractivity contribution in [1.29, 1.82) is 0 Å². The quantitative estimate of drug-likeness (QED) is 0.769. The Morgan fingerprint density at radius 1 is 1.22 bits per heavy atom. The van der Waals surface area contributed by atoms with Crippen molar-refractivity contribution in [3.63, 3.8) is 0 Å². The van der Waals surface area contributed by atoms with Crippen molar-refractivity contribution in [1.82, 2.24) is 10.2 Å². The molecule has 2 atom stereocenters. The molecule has 2 unspecified atom stereocenters. The highest BCUT2D eigenvalue weighted by molar-refractivity contribution is 5.80. The van der Waals surface area contributed by atoms with E-state index in [1.807, 2.05) is 4.90 Å². The molecule has 2 aliphatic rings. The second-order valence-electron chi connectivity index (χ2n) is 6.95. The van der Waals surface area contributed by atoms with Crippen LogP contribution in [0.1, 0.15) is 41.0 Å². The topological polar surface area (TPSA) is 41.6 Å². The van der Waals surface area contributed by atoms with Crippen LogP contribution in [0, 0.1) is 5.92 Å². The van der Waals surface area contributed by atoms with Crippen molar-refractivity contribution in [2.45, 2.75) is 58.3 Å². The van der Waals surface area contributed by atoms with Crippen molar-refractivity contribution < 1.29 is 9.53 Å². The molecule has 2 saturated heterocycles. The fraction of sp³-hybridized carbons (Fsp3) is 0.929. The Hall–Kier alpha value is -0.610. The summed E-state index contributed by atoms with van der Waals surface area (Å²) in [5, 5.41) is 3.35. The molecular formula is C14H26N2O2. The molecule has 1 amide bonds. The number of carbonyl (C=O) groups is 1. The summed E-state index contributed by atoms with van der Waals surface area (Å²) in [6, 6.07) is 0.298. The Balaban J connectivity index is 2.10. The third-order valence-corrected chi connectivity index (χ3v) is 3.85. The van der Waals surface area contributed by atoms with E-state index in [-0.39, 0.29) is 23.0 Å². The zero-order valence-electron chi connectivity index (χ0n) is 12.2. The average Bonchev–Trinajstić information content (AvgIpc) is 2.58. The Morgan fingerprint density at radius 2 is 1.78 bits per heavy atom. The predicted octanol–water partition coefficient (Wildman–Crippen LogP) is 1.40. The average molecular weight is 254 g/mol. The van der Waals surface area contributed by atoms with Crippen molar-refractivity contribution in [3.05, 3.63) is 0 Å². The van der Waals surface area contributed by atoms with E-state index in [1.54, 1.807) is 0 Å². The second kappa shape index (κ2) is 4.49. The van der Waals surface area contributed by atoms with Gasteiger partial charge in [-0.2, -0.15) is 0 Å². The Morgan fingerprint density at radius 3 is 2.22 bits per heavy atom. The van der Waals surface area contributed by atoms with E-state index in [1.165, 1.54) is 0 Å². The first-order chi connectivity index (χ1) is 8.20. The van der Waals surface area contributed by atoms with Gasteiger partial charge in [-0.05, 0) is 47.6 Å². The minimum Gasteiger partial charge on any atom is -0.366 e. The molecule has 0 bridgehead atoms. The summed E-state index contributed by atoms with van der Waals surface area (Å²) in [5.74, 6) is 0.423. The fourth-order valence-corrected chi connectivity index (χ4v) is 3.37. The van der Waals surface area contributed by atoms with Crippen LogP contribution in [0.2, 0.25) is 0 Å². The van der Waals surface area contributed by atoms with Gasteiger partial charge in [-0.3, -0.25) is 4.79 Å². The number of carbonyl (C=O) groups excluding carboxylic acids is 1. The van der Waals surface area contributed by atoms with Crippen LogP contribution in [0.5, 0.6) is 0 Å². The van der Waals surface area contributed by atoms with Gasteiger partial charge in [0.25, 0.3) is 0 Å². The number of nitrogens with one attached hydrogen (secondary N) is 1. The normalized spacial score (nSPS) is 34.6. The van der Waals surface area contributed by atoms with Crippen LogP contribution in [0.4, 0.5) is 0 Å². The molecule has 0 aromatic heterocycles. The van der Waals surface area contributed by atoms with Crippen LogP contribution in [-0.2, 0) is 9.53 Å². The molecule has 1 N–H and O–H groups in total. The number of hydrogen-bond acceptors (Lipinski definition) is 3. The predicted molar refractivity (Wildman–Crippen MR) is 71.4 cm³/mol. The molecule has 18 heavy (non-hydrogen) atoms. The van der Waals surface area contributed by atoms with Gasteiger partial charge in [-0.25, -0.2) is 0 Å². The van der Waals surface area contributed by atoms with Crippen LogP contribution in [0.25, 0.3) is 0 Å². The molecule has 0 aliphatic carbocycles. The van der Waals surface area contributed by atoms with E-state index in [0.717, 1.165) is 13.0 Å². The zero-order chi connectivity index (χ0) is 13.6. The maximum Gasteiger partial charge on any atom is 0.227 e. The van der Waals surface area contributed by atoms with Gasteiger partial charge in [0.2, 0.25) is 5.91 Å². The molecule has 2 heterocycles. The van der Waals surface area contributed by atoms with Crippen LogP contribution in [-0.4, -0.2) is 47.7 Å². The summed E-state index contributed by atoms with van der Waals surface area (Å²) in [7, 11) is 0. The summed E-state index contributed by atoms with van der Waals surface area (Å²) in [6.45, 7) is 12.7. The lowest BCUT2D eigenvalue weighted by molar-refractivity contribution is -0.190. The summed E-state index contributed by atoms with van der Waals surface area (Å²) in [4.78, 5) is 14.6. The van der Waals surface area contributed by atoms with Crippen LogP contribution >= 0.6 is 0 Å². The summed E-state index contributed by atoms with van der Waals surface area (Å²) >= 11 is 0. The fourth-order valence-electron chi connectivity index (χ4n) is 3.37. The number of morpholine rings is 1. The van der Waals surface area contributed by atoms with Gasteiger partial charge in [-0.1, -0.05) is 0 Å². The summed E-state index contributed by atoms with van der Waals surface area (Å²) in [5.41, 5.74) is -0.515. The Labute approximate surface area is 110 Å². The van der Waals surface area contributed by atoms with Crippen molar-refractivity contribution in [2.24, 2.45) is 5.92 Å². The number of rotatable bonds is 1. The van der Waals surface area contributed by atoms with Gasteiger partial charge in [0.15, 0.2) is 0 Å². The molecule has 2 rings (SSSR count). The molecule has 2 aliphatic heterocycles. The number of hydrogen-bond donors (Lipinski definition) is 1. The van der Waals surface area contributed by atoms with E-state index in [4.69, 9.17) is 4.74 Å². The molecule has 4 heteroatoms. The van der Waals surface area contributed by atoms with Crippen LogP contribution in [0.15, 0.2) is 0 Å². The highest BCUT2D eigenvalue weighted by atomic mass is 16.5. The van der Waals surface area contributed by atoms with Gasteiger partial charge in [0.1, 0.15) is 0 Å². The third kappa shape index (κ3) is 2.86. The Kier molecular flexibility index (Phi) is 3.45. The van der Waals surface area contributed by atoms with Gasteiger partial charge in [-0.15, -0.1) is 0 Å². The minimum absolute atomic E-state index is 0.134. The summed E-state index contributed by atoms with van der Waals surface area (Å²) < 4.78 is 6.02. The molecular weight excluding hydrogens is 228 g/mol. The van der Waals surface area contributed by atoms with E-state index in [9.17, 15) is 4.79 Å². The Bertz CT molecular complexity index is 323. The first-order valence-corrected chi connectivity index (χ1v) is 6.93. The van der Waals surface area contributed by atoms with Crippen molar-refractivity contribution in [2.75, 3.05) is 19.6 Å². The van der Waals surface area contributed by atoms with E-state index < -0.39 is 0 Å². The van der Waals surface area contributed by atoms with E-state index in [0.29, 0.717) is 19.1 Å². The highest BCUT2D eigenvalue weighted by Crippen LogP contribution is 2.30. The van der Waals surface area contributed by atoms with E-state index in [2.05, 4.69) is 39.9 Å².